The largest absolute Gasteiger partial charge is 0.381 e. The van der Waals surface area contributed by atoms with Gasteiger partial charge in [-0.15, -0.1) is 0 Å². The summed E-state index contributed by atoms with van der Waals surface area (Å²) in [5, 5.41) is 3.49. The third kappa shape index (κ3) is 3.44. The second kappa shape index (κ2) is 6.58. The lowest BCUT2D eigenvalue weighted by Gasteiger charge is -2.31. The maximum Gasteiger partial charge on any atom is 0.0469 e. The van der Waals surface area contributed by atoms with Crippen molar-refractivity contribution in [1.82, 2.24) is 10.2 Å². The molecule has 2 aliphatic rings. The summed E-state index contributed by atoms with van der Waals surface area (Å²) in [6.45, 7) is 9.05. The van der Waals surface area contributed by atoms with E-state index in [4.69, 9.17) is 4.74 Å². The zero-order chi connectivity index (χ0) is 11.2. The molecular weight excluding hydrogens is 200 g/mol. The number of hydrogen-bond donors (Lipinski definition) is 1. The third-order valence-electron chi connectivity index (χ3n) is 3.96. The van der Waals surface area contributed by atoms with Crippen LogP contribution in [-0.4, -0.2) is 50.3 Å². The highest BCUT2D eigenvalue weighted by Crippen LogP contribution is 2.22. The molecule has 3 heteroatoms. The molecule has 2 heterocycles. The average Bonchev–Trinajstić information content (AvgIpc) is 2.75. The normalized spacial score (nSPS) is 28.7. The van der Waals surface area contributed by atoms with Gasteiger partial charge >= 0.3 is 0 Å². The van der Waals surface area contributed by atoms with E-state index in [0.717, 1.165) is 31.7 Å². The van der Waals surface area contributed by atoms with Crippen molar-refractivity contribution in [3.05, 3.63) is 0 Å². The Bertz CT molecular complexity index is 192. The Morgan fingerprint density at radius 3 is 2.81 bits per heavy atom. The summed E-state index contributed by atoms with van der Waals surface area (Å²) in [4.78, 5) is 2.71. The topological polar surface area (TPSA) is 24.5 Å². The van der Waals surface area contributed by atoms with Crippen LogP contribution in [0.25, 0.3) is 0 Å². The SMILES string of the molecule is CCNCC1CCCN1CC1CCOCC1. The molecule has 0 aliphatic carbocycles. The summed E-state index contributed by atoms with van der Waals surface area (Å²) in [5.41, 5.74) is 0. The molecule has 0 aromatic rings. The molecule has 2 fully saturated rings. The molecule has 0 radical (unpaired) electrons. The van der Waals surface area contributed by atoms with Crippen molar-refractivity contribution in [2.75, 3.05) is 39.4 Å². The Kier molecular flexibility index (Phi) is 5.07. The quantitative estimate of drug-likeness (QED) is 0.768. The molecule has 0 amide bonds. The molecule has 16 heavy (non-hydrogen) atoms. The van der Waals surface area contributed by atoms with E-state index in [1.54, 1.807) is 0 Å². The second-order valence-corrected chi connectivity index (χ2v) is 5.15. The Morgan fingerprint density at radius 2 is 2.06 bits per heavy atom. The Labute approximate surface area is 99.5 Å². The number of likely N-dealkylation sites (tertiary alicyclic amines) is 1. The lowest BCUT2D eigenvalue weighted by molar-refractivity contribution is 0.0507. The van der Waals surface area contributed by atoms with E-state index in [1.807, 2.05) is 0 Å². The van der Waals surface area contributed by atoms with E-state index in [2.05, 4.69) is 17.1 Å². The number of nitrogens with zero attached hydrogens (tertiary/aromatic N) is 1. The van der Waals surface area contributed by atoms with Crippen molar-refractivity contribution in [2.45, 2.75) is 38.6 Å². The summed E-state index contributed by atoms with van der Waals surface area (Å²) in [6.07, 6.45) is 5.31. The van der Waals surface area contributed by atoms with Gasteiger partial charge in [0.1, 0.15) is 0 Å². The van der Waals surface area contributed by atoms with Crippen LogP contribution in [0.2, 0.25) is 0 Å². The van der Waals surface area contributed by atoms with Gasteiger partial charge in [0, 0.05) is 32.3 Å². The van der Waals surface area contributed by atoms with Crippen LogP contribution < -0.4 is 5.32 Å². The summed E-state index contributed by atoms with van der Waals surface area (Å²) in [5.74, 6) is 0.885. The monoisotopic (exact) mass is 226 g/mol. The molecule has 0 aromatic carbocycles. The molecule has 3 nitrogen and oxygen atoms in total. The molecule has 0 aromatic heterocycles. The molecule has 1 N–H and O–H groups in total. The third-order valence-corrected chi connectivity index (χ3v) is 3.96. The standard InChI is InChI=1S/C13H26N2O/c1-2-14-10-13-4-3-7-15(13)11-12-5-8-16-9-6-12/h12-14H,2-11H2,1H3. The van der Waals surface area contributed by atoms with Gasteiger partial charge in [0.2, 0.25) is 0 Å². The van der Waals surface area contributed by atoms with E-state index in [-0.39, 0.29) is 0 Å². The fraction of sp³-hybridized carbons (Fsp3) is 1.00. The van der Waals surface area contributed by atoms with Gasteiger partial charge in [-0.1, -0.05) is 6.92 Å². The number of hydrogen-bond acceptors (Lipinski definition) is 3. The molecule has 2 saturated heterocycles. The van der Waals surface area contributed by atoms with Crippen molar-refractivity contribution in [3.8, 4) is 0 Å². The van der Waals surface area contributed by atoms with Gasteiger partial charge in [-0.25, -0.2) is 0 Å². The van der Waals surface area contributed by atoms with Crippen LogP contribution in [0.5, 0.6) is 0 Å². The van der Waals surface area contributed by atoms with Crippen LogP contribution >= 0.6 is 0 Å². The highest BCUT2D eigenvalue weighted by molar-refractivity contribution is 4.82. The zero-order valence-electron chi connectivity index (χ0n) is 10.6. The number of ether oxygens (including phenoxy) is 1. The van der Waals surface area contributed by atoms with Gasteiger partial charge in [-0.05, 0) is 44.7 Å². The summed E-state index contributed by atoms with van der Waals surface area (Å²) in [6, 6.07) is 0.794. The zero-order valence-corrected chi connectivity index (χ0v) is 10.6. The van der Waals surface area contributed by atoms with Crippen LogP contribution in [0.3, 0.4) is 0 Å². The summed E-state index contributed by atoms with van der Waals surface area (Å²) in [7, 11) is 0. The van der Waals surface area contributed by atoms with Gasteiger partial charge in [0.25, 0.3) is 0 Å². The molecule has 2 aliphatic heterocycles. The number of nitrogens with one attached hydrogen (secondary N) is 1. The van der Waals surface area contributed by atoms with Crippen molar-refractivity contribution in [3.63, 3.8) is 0 Å². The fourth-order valence-electron chi connectivity index (χ4n) is 2.94. The van der Waals surface area contributed by atoms with Crippen LogP contribution in [-0.2, 0) is 4.74 Å². The predicted octanol–water partition coefficient (Wildman–Crippen LogP) is 1.49. The second-order valence-electron chi connectivity index (χ2n) is 5.15. The minimum atomic E-state index is 0.794. The van der Waals surface area contributed by atoms with Crippen LogP contribution in [0.1, 0.15) is 32.6 Å². The first-order valence-electron chi connectivity index (χ1n) is 6.92. The van der Waals surface area contributed by atoms with E-state index in [1.165, 1.54) is 45.3 Å². The molecule has 1 unspecified atom stereocenters. The fourth-order valence-corrected chi connectivity index (χ4v) is 2.94. The van der Waals surface area contributed by atoms with Crippen molar-refractivity contribution < 1.29 is 4.74 Å². The summed E-state index contributed by atoms with van der Waals surface area (Å²) >= 11 is 0. The number of rotatable bonds is 5. The first-order chi connectivity index (χ1) is 7.90. The van der Waals surface area contributed by atoms with Gasteiger partial charge in [-0.3, -0.25) is 4.90 Å². The molecule has 0 bridgehead atoms. The van der Waals surface area contributed by atoms with E-state index >= 15 is 0 Å². The van der Waals surface area contributed by atoms with E-state index in [0.29, 0.717) is 0 Å². The molecule has 0 saturated carbocycles. The lowest BCUT2D eigenvalue weighted by atomic mass is 9.99. The predicted molar refractivity (Wildman–Crippen MR) is 66.7 cm³/mol. The smallest absolute Gasteiger partial charge is 0.0469 e. The van der Waals surface area contributed by atoms with Crippen LogP contribution in [0.15, 0.2) is 0 Å². The van der Waals surface area contributed by atoms with E-state index in [9.17, 15) is 0 Å². The maximum absolute atomic E-state index is 5.43. The Hall–Kier alpha value is -0.120. The van der Waals surface area contributed by atoms with Gasteiger partial charge in [0.15, 0.2) is 0 Å². The van der Waals surface area contributed by atoms with Gasteiger partial charge in [-0.2, -0.15) is 0 Å². The first kappa shape index (κ1) is 12.3. The highest BCUT2D eigenvalue weighted by atomic mass is 16.5. The first-order valence-corrected chi connectivity index (χ1v) is 6.92. The van der Waals surface area contributed by atoms with E-state index < -0.39 is 0 Å². The maximum atomic E-state index is 5.43. The molecule has 94 valence electrons. The minimum Gasteiger partial charge on any atom is -0.381 e. The van der Waals surface area contributed by atoms with Crippen LogP contribution in [0, 0.1) is 5.92 Å². The van der Waals surface area contributed by atoms with Crippen molar-refractivity contribution in [1.29, 1.82) is 0 Å². The average molecular weight is 226 g/mol. The molecular formula is C13H26N2O. The molecule has 2 rings (SSSR count). The highest BCUT2D eigenvalue weighted by Gasteiger charge is 2.26. The Balaban J connectivity index is 1.73. The summed E-state index contributed by atoms with van der Waals surface area (Å²) < 4.78 is 5.43. The van der Waals surface area contributed by atoms with Gasteiger partial charge < -0.3 is 10.1 Å². The molecule has 1 atom stereocenters. The van der Waals surface area contributed by atoms with Crippen LogP contribution in [0.4, 0.5) is 0 Å². The Morgan fingerprint density at radius 1 is 1.25 bits per heavy atom. The molecule has 0 spiro atoms. The van der Waals surface area contributed by atoms with Gasteiger partial charge in [0.05, 0.1) is 0 Å². The van der Waals surface area contributed by atoms with Crippen molar-refractivity contribution >= 4 is 0 Å². The van der Waals surface area contributed by atoms with Crippen molar-refractivity contribution in [2.24, 2.45) is 5.92 Å². The lowest BCUT2D eigenvalue weighted by Crippen LogP contribution is -2.41. The number of likely N-dealkylation sites (N-methyl/N-ethyl adjacent to an activating group) is 1. The minimum absolute atomic E-state index is 0.794.